The highest BCUT2D eigenvalue weighted by Gasteiger charge is 2.19. The average molecular weight is 441 g/mol. The van der Waals surface area contributed by atoms with Gasteiger partial charge in [0.15, 0.2) is 11.6 Å². The van der Waals surface area contributed by atoms with E-state index >= 15 is 0 Å². The normalized spacial score (nSPS) is 11.2. The van der Waals surface area contributed by atoms with E-state index in [-0.39, 0.29) is 31.0 Å². The van der Waals surface area contributed by atoms with E-state index in [2.05, 4.69) is 5.32 Å². The number of hydrogen-bond acceptors (Lipinski definition) is 4. The van der Waals surface area contributed by atoms with Crippen LogP contribution in [0.2, 0.25) is 0 Å². The van der Waals surface area contributed by atoms with Crippen LogP contribution in [0.3, 0.4) is 0 Å². The molecular formula is C21H26F2N2O4S. The lowest BCUT2D eigenvalue weighted by Crippen LogP contribution is -2.32. The first-order valence-electron chi connectivity index (χ1n) is 9.53. The van der Waals surface area contributed by atoms with Crippen LogP contribution in [-0.4, -0.2) is 40.8 Å². The number of benzene rings is 2. The second kappa shape index (κ2) is 10.9. The molecule has 0 aliphatic heterocycles. The Hall–Kier alpha value is -2.68. The highest BCUT2D eigenvalue weighted by molar-refractivity contribution is 7.92. The second-order valence-corrected chi connectivity index (χ2v) is 8.75. The highest BCUT2D eigenvalue weighted by Crippen LogP contribution is 2.21. The summed E-state index contributed by atoms with van der Waals surface area (Å²) in [6.45, 7) is 0.493. The van der Waals surface area contributed by atoms with Crippen molar-refractivity contribution in [3.8, 4) is 5.75 Å². The van der Waals surface area contributed by atoms with Gasteiger partial charge in [-0.15, -0.1) is 0 Å². The fraction of sp³-hybridized carbons (Fsp3) is 0.381. The number of ether oxygens (including phenoxy) is 1. The van der Waals surface area contributed by atoms with Gasteiger partial charge >= 0.3 is 0 Å². The van der Waals surface area contributed by atoms with Gasteiger partial charge < -0.3 is 10.1 Å². The van der Waals surface area contributed by atoms with Crippen LogP contribution in [0.5, 0.6) is 5.75 Å². The van der Waals surface area contributed by atoms with Crippen LogP contribution in [0.25, 0.3) is 0 Å². The minimum absolute atomic E-state index is 0.0107. The van der Waals surface area contributed by atoms with Gasteiger partial charge in [-0.1, -0.05) is 12.1 Å². The van der Waals surface area contributed by atoms with E-state index in [1.165, 1.54) is 6.07 Å². The third kappa shape index (κ3) is 7.29. The summed E-state index contributed by atoms with van der Waals surface area (Å²) < 4.78 is 56.6. The summed E-state index contributed by atoms with van der Waals surface area (Å²) >= 11 is 0. The Bertz CT molecular complexity index is 950. The standard InChI is InChI=1S/C21H26F2N2O4S/c1-29-18-10-7-16(8-11-18)5-3-13-24-21(26)6-4-14-25(30(2,27)28)17-9-12-19(22)20(23)15-17/h7-12,15H,3-6,13-14H2,1-2H3,(H,24,26). The van der Waals surface area contributed by atoms with Crippen LogP contribution >= 0.6 is 0 Å². The predicted molar refractivity (Wildman–Crippen MR) is 112 cm³/mol. The first-order chi connectivity index (χ1) is 14.2. The Morgan fingerprint density at radius 3 is 2.37 bits per heavy atom. The number of carbonyl (C=O) groups excluding carboxylic acids is 1. The maximum atomic E-state index is 13.4. The third-order valence-corrected chi connectivity index (χ3v) is 5.67. The summed E-state index contributed by atoms with van der Waals surface area (Å²) in [5, 5.41) is 2.80. The fourth-order valence-electron chi connectivity index (χ4n) is 2.91. The van der Waals surface area contributed by atoms with Gasteiger partial charge in [-0.3, -0.25) is 9.10 Å². The molecule has 0 unspecified atom stereocenters. The zero-order valence-corrected chi connectivity index (χ0v) is 17.8. The zero-order valence-electron chi connectivity index (χ0n) is 17.0. The number of nitrogens with zero attached hydrogens (tertiary/aromatic N) is 1. The largest absolute Gasteiger partial charge is 0.497 e. The molecule has 0 saturated carbocycles. The number of sulfonamides is 1. The number of methoxy groups -OCH3 is 1. The van der Waals surface area contributed by atoms with Gasteiger partial charge in [-0.2, -0.15) is 0 Å². The molecule has 0 heterocycles. The van der Waals surface area contributed by atoms with E-state index in [4.69, 9.17) is 4.74 Å². The molecule has 1 N–H and O–H groups in total. The molecule has 164 valence electrons. The van der Waals surface area contributed by atoms with Crippen molar-refractivity contribution in [1.29, 1.82) is 0 Å². The molecule has 0 aromatic heterocycles. The molecule has 30 heavy (non-hydrogen) atoms. The van der Waals surface area contributed by atoms with Gasteiger partial charge in [0.1, 0.15) is 5.75 Å². The van der Waals surface area contributed by atoms with E-state index in [9.17, 15) is 22.0 Å². The van der Waals surface area contributed by atoms with Crippen LogP contribution in [0, 0.1) is 11.6 Å². The van der Waals surface area contributed by atoms with Crippen molar-refractivity contribution in [2.75, 3.05) is 30.8 Å². The molecule has 9 heteroatoms. The molecule has 0 aliphatic carbocycles. The SMILES string of the molecule is COc1ccc(CCCNC(=O)CCCN(c2ccc(F)c(F)c2)S(C)(=O)=O)cc1. The molecule has 0 radical (unpaired) electrons. The molecule has 2 aromatic carbocycles. The van der Waals surface area contributed by atoms with Gasteiger partial charge in [0.2, 0.25) is 15.9 Å². The Balaban J connectivity index is 1.76. The summed E-state index contributed by atoms with van der Waals surface area (Å²) in [6, 6.07) is 10.6. The Morgan fingerprint density at radius 2 is 1.77 bits per heavy atom. The Morgan fingerprint density at radius 1 is 1.07 bits per heavy atom. The van der Waals surface area contributed by atoms with Gasteiger partial charge in [0.25, 0.3) is 0 Å². The number of anilines is 1. The number of aryl methyl sites for hydroxylation is 1. The quantitative estimate of drug-likeness (QED) is 0.544. The summed E-state index contributed by atoms with van der Waals surface area (Å²) in [5.74, 6) is -1.58. The maximum Gasteiger partial charge on any atom is 0.232 e. The first-order valence-corrected chi connectivity index (χ1v) is 11.4. The molecule has 0 spiro atoms. The van der Waals surface area contributed by atoms with Crippen LogP contribution in [0.15, 0.2) is 42.5 Å². The van der Waals surface area contributed by atoms with Crippen molar-refractivity contribution in [2.45, 2.75) is 25.7 Å². The number of carbonyl (C=O) groups is 1. The zero-order chi connectivity index (χ0) is 22.1. The van der Waals surface area contributed by atoms with E-state index in [0.717, 1.165) is 46.8 Å². The number of rotatable bonds is 11. The van der Waals surface area contributed by atoms with Crippen molar-refractivity contribution < 1.29 is 26.7 Å². The Kier molecular flexibility index (Phi) is 8.58. The predicted octanol–water partition coefficient (Wildman–Crippen LogP) is 3.27. The lowest BCUT2D eigenvalue weighted by molar-refractivity contribution is -0.121. The number of hydrogen-bond donors (Lipinski definition) is 1. The lowest BCUT2D eigenvalue weighted by Gasteiger charge is -2.22. The van der Waals surface area contributed by atoms with Crippen LogP contribution in [0.4, 0.5) is 14.5 Å². The lowest BCUT2D eigenvalue weighted by atomic mass is 10.1. The van der Waals surface area contributed by atoms with Crippen molar-refractivity contribution in [2.24, 2.45) is 0 Å². The molecule has 2 rings (SSSR count). The highest BCUT2D eigenvalue weighted by atomic mass is 32.2. The van der Waals surface area contributed by atoms with Crippen molar-refractivity contribution >= 4 is 21.6 Å². The monoisotopic (exact) mass is 440 g/mol. The minimum atomic E-state index is -3.70. The molecule has 0 fully saturated rings. The van der Waals surface area contributed by atoms with E-state index < -0.39 is 21.7 Å². The summed E-state index contributed by atoms with van der Waals surface area (Å²) in [7, 11) is -2.09. The molecule has 0 saturated heterocycles. The maximum absolute atomic E-state index is 13.4. The van der Waals surface area contributed by atoms with Gasteiger partial charge in [0, 0.05) is 25.6 Å². The second-order valence-electron chi connectivity index (χ2n) is 6.84. The molecule has 6 nitrogen and oxygen atoms in total. The molecule has 0 bridgehead atoms. The topological polar surface area (TPSA) is 75.7 Å². The summed E-state index contributed by atoms with van der Waals surface area (Å²) in [4.78, 5) is 12.0. The third-order valence-electron chi connectivity index (χ3n) is 4.48. The summed E-state index contributed by atoms with van der Waals surface area (Å²) in [6.07, 6.45) is 2.92. The average Bonchev–Trinajstić information content (AvgIpc) is 2.70. The van der Waals surface area contributed by atoms with Crippen LogP contribution in [0.1, 0.15) is 24.8 Å². The van der Waals surface area contributed by atoms with Crippen LogP contribution < -0.4 is 14.4 Å². The molecule has 0 atom stereocenters. The van der Waals surface area contributed by atoms with Gasteiger partial charge in [0.05, 0.1) is 19.1 Å². The number of amides is 1. The molecule has 2 aromatic rings. The molecule has 1 amide bonds. The van der Waals surface area contributed by atoms with Crippen molar-refractivity contribution in [3.63, 3.8) is 0 Å². The van der Waals surface area contributed by atoms with Crippen molar-refractivity contribution in [3.05, 3.63) is 59.7 Å². The smallest absolute Gasteiger partial charge is 0.232 e. The molecule has 0 aliphatic rings. The molecular weight excluding hydrogens is 414 g/mol. The Labute approximate surface area is 175 Å². The van der Waals surface area contributed by atoms with Crippen molar-refractivity contribution in [1.82, 2.24) is 5.32 Å². The fourth-order valence-corrected chi connectivity index (χ4v) is 3.87. The first kappa shape index (κ1) is 23.6. The van der Waals surface area contributed by atoms with E-state index in [1.54, 1.807) is 7.11 Å². The van der Waals surface area contributed by atoms with E-state index in [0.29, 0.717) is 6.54 Å². The van der Waals surface area contributed by atoms with Gasteiger partial charge in [-0.25, -0.2) is 17.2 Å². The summed E-state index contributed by atoms with van der Waals surface area (Å²) in [5.41, 5.74) is 1.16. The minimum Gasteiger partial charge on any atom is -0.497 e. The van der Waals surface area contributed by atoms with Gasteiger partial charge in [-0.05, 0) is 49.1 Å². The number of halogens is 2. The van der Waals surface area contributed by atoms with E-state index in [1.807, 2.05) is 24.3 Å². The number of nitrogens with one attached hydrogen (secondary N) is 1. The van der Waals surface area contributed by atoms with Crippen LogP contribution in [-0.2, 0) is 21.2 Å².